The molecule has 0 spiro atoms. The van der Waals surface area contributed by atoms with Gasteiger partial charge >= 0.3 is 0 Å². The number of likely N-dealkylation sites (tertiary alicyclic amines) is 1. The fraction of sp³-hybridized carbons (Fsp3) is 0.474. The number of ketones is 1. The van der Waals surface area contributed by atoms with Crippen LogP contribution < -0.4 is 0 Å². The lowest BCUT2D eigenvalue weighted by atomic mass is 9.91. The van der Waals surface area contributed by atoms with Gasteiger partial charge in [-0.25, -0.2) is 4.98 Å². The van der Waals surface area contributed by atoms with Gasteiger partial charge in [0.25, 0.3) is 0 Å². The molecule has 0 bridgehead atoms. The molecule has 22 heavy (non-hydrogen) atoms. The minimum absolute atomic E-state index is 0.126. The Morgan fingerprint density at radius 2 is 2.00 bits per heavy atom. The van der Waals surface area contributed by atoms with E-state index in [2.05, 4.69) is 9.88 Å². The third-order valence-corrected chi connectivity index (χ3v) is 4.94. The van der Waals surface area contributed by atoms with Gasteiger partial charge in [0.1, 0.15) is 5.69 Å². The van der Waals surface area contributed by atoms with Crippen LogP contribution in [0.2, 0.25) is 0 Å². The van der Waals surface area contributed by atoms with Crippen LogP contribution in [-0.4, -0.2) is 35.3 Å². The highest BCUT2D eigenvalue weighted by Crippen LogP contribution is 2.31. The largest absolute Gasteiger partial charge is 0.302 e. The van der Waals surface area contributed by atoms with Crippen molar-refractivity contribution in [2.45, 2.75) is 25.7 Å². The number of carbonyl (C=O) groups is 1. The number of carbonyl (C=O) groups excluding carboxylic acids is 1. The molecule has 0 radical (unpaired) electrons. The van der Waals surface area contributed by atoms with Crippen LogP contribution in [0.25, 0.3) is 10.9 Å². The smallest absolute Gasteiger partial charge is 0.185 e. The second-order valence-corrected chi connectivity index (χ2v) is 6.80. The van der Waals surface area contributed by atoms with E-state index in [0.29, 0.717) is 5.69 Å². The summed E-state index contributed by atoms with van der Waals surface area (Å²) in [7, 11) is 0. The molecule has 1 unspecified atom stereocenters. The average molecular weight is 294 g/mol. The lowest BCUT2D eigenvalue weighted by molar-refractivity contribution is 0.0810. The Bertz CT molecular complexity index is 693. The highest BCUT2D eigenvalue weighted by atomic mass is 16.1. The summed E-state index contributed by atoms with van der Waals surface area (Å²) in [6.45, 7) is 3.27. The number of rotatable bonds is 4. The molecule has 4 rings (SSSR count). The zero-order chi connectivity index (χ0) is 14.9. The topological polar surface area (TPSA) is 33.2 Å². The molecule has 0 N–H and O–H groups in total. The predicted molar refractivity (Wildman–Crippen MR) is 88.0 cm³/mol. The summed E-state index contributed by atoms with van der Waals surface area (Å²) in [5.41, 5.74) is 1.55. The highest BCUT2D eigenvalue weighted by molar-refractivity contribution is 5.98. The number of piperidine rings is 1. The average Bonchev–Trinajstić information content (AvgIpc) is 3.38. The molecule has 1 aliphatic heterocycles. The zero-order valence-corrected chi connectivity index (χ0v) is 12.9. The predicted octanol–water partition coefficient (Wildman–Crippen LogP) is 3.54. The summed E-state index contributed by atoms with van der Waals surface area (Å²) in [6, 6.07) is 11.9. The lowest BCUT2D eigenvalue weighted by Crippen LogP contribution is -2.39. The molecule has 114 valence electrons. The maximum Gasteiger partial charge on any atom is 0.185 e. The zero-order valence-electron chi connectivity index (χ0n) is 12.9. The van der Waals surface area contributed by atoms with E-state index in [4.69, 9.17) is 0 Å². The molecule has 2 heterocycles. The van der Waals surface area contributed by atoms with Crippen LogP contribution in [0.4, 0.5) is 0 Å². The van der Waals surface area contributed by atoms with Gasteiger partial charge in [-0.2, -0.15) is 0 Å². The van der Waals surface area contributed by atoms with E-state index in [9.17, 15) is 4.79 Å². The van der Waals surface area contributed by atoms with Crippen molar-refractivity contribution < 1.29 is 4.79 Å². The summed E-state index contributed by atoms with van der Waals surface area (Å²) < 4.78 is 0. The number of hydrogen-bond acceptors (Lipinski definition) is 3. The van der Waals surface area contributed by atoms with Crippen LogP contribution in [0.15, 0.2) is 36.4 Å². The number of pyridine rings is 1. The van der Waals surface area contributed by atoms with Gasteiger partial charge in [-0.3, -0.25) is 4.79 Å². The van der Waals surface area contributed by atoms with Crippen molar-refractivity contribution in [1.29, 1.82) is 0 Å². The summed E-state index contributed by atoms with van der Waals surface area (Å²) in [5.74, 6) is 1.25. The Morgan fingerprint density at radius 1 is 1.14 bits per heavy atom. The van der Waals surface area contributed by atoms with E-state index < -0.39 is 0 Å². The Balaban J connectivity index is 1.51. The molecule has 3 heteroatoms. The van der Waals surface area contributed by atoms with Gasteiger partial charge in [0.15, 0.2) is 5.78 Å². The second kappa shape index (κ2) is 5.81. The highest BCUT2D eigenvalue weighted by Gasteiger charge is 2.31. The molecule has 1 saturated heterocycles. The number of aromatic nitrogens is 1. The Morgan fingerprint density at radius 3 is 2.86 bits per heavy atom. The first-order chi connectivity index (χ1) is 10.8. The summed E-state index contributed by atoms with van der Waals surface area (Å²) in [4.78, 5) is 19.9. The SMILES string of the molecule is O=C(c1ccc2ccccc2n1)C1CCCN(CC2CC2)C1. The number of nitrogens with zero attached hydrogens (tertiary/aromatic N) is 2. The van der Waals surface area contributed by atoms with Crippen LogP contribution >= 0.6 is 0 Å². The fourth-order valence-corrected chi connectivity index (χ4v) is 3.51. The van der Waals surface area contributed by atoms with Gasteiger partial charge in [0, 0.05) is 24.4 Å². The molecular weight excluding hydrogens is 272 g/mol. The van der Waals surface area contributed by atoms with Gasteiger partial charge in [-0.15, -0.1) is 0 Å². The maximum absolute atomic E-state index is 12.8. The van der Waals surface area contributed by atoms with Crippen molar-refractivity contribution in [1.82, 2.24) is 9.88 Å². The maximum atomic E-state index is 12.8. The molecule has 1 atom stereocenters. The van der Waals surface area contributed by atoms with Gasteiger partial charge in [0.05, 0.1) is 5.52 Å². The first-order valence-electron chi connectivity index (χ1n) is 8.42. The third kappa shape index (κ3) is 2.91. The quantitative estimate of drug-likeness (QED) is 0.809. The molecule has 2 aliphatic rings. The first-order valence-corrected chi connectivity index (χ1v) is 8.42. The first kappa shape index (κ1) is 13.9. The fourth-order valence-electron chi connectivity index (χ4n) is 3.51. The number of Topliss-reactive ketones (excluding diaryl/α,β-unsaturated/α-hetero) is 1. The summed E-state index contributed by atoms with van der Waals surface area (Å²) >= 11 is 0. The van der Waals surface area contributed by atoms with Crippen LogP contribution in [0.3, 0.4) is 0 Å². The van der Waals surface area contributed by atoms with Crippen molar-refractivity contribution in [3.05, 3.63) is 42.1 Å². The monoisotopic (exact) mass is 294 g/mol. The van der Waals surface area contributed by atoms with E-state index in [1.807, 2.05) is 36.4 Å². The van der Waals surface area contributed by atoms with Crippen molar-refractivity contribution >= 4 is 16.7 Å². The van der Waals surface area contributed by atoms with Gasteiger partial charge in [0.2, 0.25) is 0 Å². The van der Waals surface area contributed by atoms with Crippen LogP contribution in [0.1, 0.15) is 36.2 Å². The van der Waals surface area contributed by atoms with E-state index in [-0.39, 0.29) is 11.7 Å². The Labute approximate surface area is 131 Å². The molecule has 1 aromatic heterocycles. The van der Waals surface area contributed by atoms with Crippen molar-refractivity contribution in [3.63, 3.8) is 0 Å². The second-order valence-electron chi connectivity index (χ2n) is 6.80. The Hall–Kier alpha value is -1.74. The van der Waals surface area contributed by atoms with E-state index in [1.54, 1.807) is 0 Å². The van der Waals surface area contributed by atoms with Crippen molar-refractivity contribution in [2.75, 3.05) is 19.6 Å². The molecule has 2 fully saturated rings. The van der Waals surface area contributed by atoms with E-state index in [0.717, 1.165) is 42.8 Å². The van der Waals surface area contributed by atoms with Crippen molar-refractivity contribution in [2.24, 2.45) is 11.8 Å². The molecule has 3 nitrogen and oxygen atoms in total. The van der Waals surface area contributed by atoms with Crippen LogP contribution in [0, 0.1) is 11.8 Å². The van der Waals surface area contributed by atoms with Gasteiger partial charge in [-0.05, 0) is 50.3 Å². The molecule has 0 amide bonds. The number of benzene rings is 1. The minimum atomic E-state index is 0.126. The summed E-state index contributed by atoms with van der Waals surface area (Å²) in [5, 5.41) is 1.10. The molecule has 1 saturated carbocycles. The molecular formula is C19H22N2O. The van der Waals surface area contributed by atoms with Gasteiger partial charge < -0.3 is 4.90 Å². The molecule has 1 aromatic carbocycles. The van der Waals surface area contributed by atoms with Crippen LogP contribution in [0.5, 0.6) is 0 Å². The van der Waals surface area contributed by atoms with Gasteiger partial charge in [-0.1, -0.05) is 24.3 Å². The molecule has 2 aromatic rings. The van der Waals surface area contributed by atoms with Crippen LogP contribution in [-0.2, 0) is 0 Å². The van der Waals surface area contributed by atoms with Crippen molar-refractivity contribution in [3.8, 4) is 0 Å². The minimum Gasteiger partial charge on any atom is -0.302 e. The Kier molecular flexibility index (Phi) is 3.67. The number of para-hydroxylation sites is 1. The number of hydrogen-bond donors (Lipinski definition) is 0. The number of fused-ring (bicyclic) bond motifs is 1. The third-order valence-electron chi connectivity index (χ3n) is 4.94. The van der Waals surface area contributed by atoms with E-state index >= 15 is 0 Å². The standard InChI is InChI=1S/C19H22N2O/c22-19(16-5-3-11-21(13-16)12-14-7-8-14)18-10-9-15-4-1-2-6-17(15)20-18/h1-2,4,6,9-10,14,16H,3,5,7-8,11-13H2. The summed E-state index contributed by atoms with van der Waals surface area (Å²) in [6.07, 6.45) is 4.90. The van der Waals surface area contributed by atoms with E-state index in [1.165, 1.54) is 19.4 Å². The molecule has 1 aliphatic carbocycles. The lowest BCUT2D eigenvalue weighted by Gasteiger charge is -2.31. The normalized spacial score (nSPS) is 22.8.